The maximum absolute atomic E-state index is 12.0. The molecule has 0 spiro atoms. The number of hydrogen-bond donors (Lipinski definition) is 1. The number of benzene rings is 2. The fraction of sp³-hybridized carbons (Fsp3) is 0.250. The number of rotatable bonds is 7. The fourth-order valence-electron chi connectivity index (χ4n) is 1.70. The van der Waals surface area contributed by atoms with Crippen LogP contribution < -0.4 is 0 Å². The first kappa shape index (κ1) is 17.0. The standard InChI is InChI=1S/C16H18O4S2/c1-13-7-9-16(10-8-13)22(18,19)20-11-14(17)12-21-15-5-3-2-4-6-15/h2-10,14,17H,11-12H2,1H3/t14-/m0/s1. The van der Waals surface area contributed by atoms with E-state index in [-0.39, 0.29) is 11.5 Å². The van der Waals surface area contributed by atoms with Gasteiger partial charge in [-0.25, -0.2) is 0 Å². The second kappa shape index (κ2) is 7.78. The van der Waals surface area contributed by atoms with Gasteiger partial charge in [0.25, 0.3) is 10.1 Å². The molecule has 0 radical (unpaired) electrons. The number of aryl methyl sites for hydroxylation is 1. The number of thioether (sulfide) groups is 1. The first-order valence-electron chi connectivity index (χ1n) is 6.79. The third-order valence-electron chi connectivity index (χ3n) is 2.91. The molecule has 0 heterocycles. The molecule has 2 aromatic carbocycles. The van der Waals surface area contributed by atoms with Gasteiger partial charge in [-0.3, -0.25) is 4.18 Å². The van der Waals surface area contributed by atoms with Gasteiger partial charge in [0.1, 0.15) is 0 Å². The highest BCUT2D eigenvalue weighted by Crippen LogP contribution is 2.19. The molecule has 0 aromatic heterocycles. The molecule has 0 bridgehead atoms. The Hall–Kier alpha value is -1.34. The Morgan fingerprint density at radius 3 is 2.36 bits per heavy atom. The second-order valence-electron chi connectivity index (χ2n) is 4.83. The van der Waals surface area contributed by atoms with Crippen molar-refractivity contribution in [2.24, 2.45) is 0 Å². The van der Waals surface area contributed by atoms with E-state index in [1.54, 1.807) is 12.1 Å². The van der Waals surface area contributed by atoms with Crippen molar-refractivity contribution in [3.8, 4) is 0 Å². The molecule has 0 aliphatic rings. The number of aliphatic hydroxyl groups is 1. The van der Waals surface area contributed by atoms with Crippen molar-refractivity contribution in [3.05, 3.63) is 60.2 Å². The minimum atomic E-state index is -3.82. The molecule has 2 aromatic rings. The Balaban J connectivity index is 1.85. The predicted octanol–water partition coefficient (Wildman–Crippen LogP) is 2.85. The van der Waals surface area contributed by atoms with Crippen molar-refractivity contribution in [1.29, 1.82) is 0 Å². The van der Waals surface area contributed by atoms with Gasteiger partial charge in [0, 0.05) is 10.6 Å². The van der Waals surface area contributed by atoms with Crippen LogP contribution in [-0.2, 0) is 14.3 Å². The summed E-state index contributed by atoms with van der Waals surface area (Å²) in [6.07, 6.45) is -0.856. The minimum absolute atomic E-state index is 0.0982. The monoisotopic (exact) mass is 338 g/mol. The van der Waals surface area contributed by atoms with Crippen molar-refractivity contribution in [3.63, 3.8) is 0 Å². The molecule has 0 aliphatic heterocycles. The van der Waals surface area contributed by atoms with Gasteiger partial charge in [-0.05, 0) is 31.2 Å². The maximum Gasteiger partial charge on any atom is 0.297 e. The summed E-state index contributed by atoms with van der Waals surface area (Å²) >= 11 is 1.45. The first-order chi connectivity index (χ1) is 10.5. The Bertz CT molecular complexity index is 682. The minimum Gasteiger partial charge on any atom is -0.390 e. The van der Waals surface area contributed by atoms with Gasteiger partial charge in [-0.1, -0.05) is 35.9 Å². The Labute approximate surface area is 135 Å². The molecule has 0 fully saturated rings. The van der Waals surface area contributed by atoms with Crippen LogP contribution in [0.4, 0.5) is 0 Å². The fourth-order valence-corrected chi connectivity index (χ4v) is 3.47. The van der Waals surface area contributed by atoms with E-state index in [4.69, 9.17) is 4.18 Å². The Kier molecular flexibility index (Phi) is 6.02. The van der Waals surface area contributed by atoms with Crippen LogP contribution in [0, 0.1) is 6.92 Å². The van der Waals surface area contributed by atoms with Crippen molar-refractivity contribution in [1.82, 2.24) is 0 Å². The van der Waals surface area contributed by atoms with Crippen molar-refractivity contribution >= 4 is 21.9 Å². The van der Waals surface area contributed by atoms with E-state index in [0.717, 1.165) is 10.5 Å². The molecule has 6 heteroatoms. The summed E-state index contributed by atoms with van der Waals surface area (Å²) in [5.74, 6) is 0.368. The zero-order chi connectivity index (χ0) is 16.0. The van der Waals surface area contributed by atoms with Crippen LogP contribution in [0.2, 0.25) is 0 Å². The van der Waals surface area contributed by atoms with Gasteiger partial charge in [0.15, 0.2) is 0 Å². The molecule has 0 saturated carbocycles. The van der Waals surface area contributed by atoms with Crippen LogP contribution in [0.25, 0.3) is 0 Å². The van der Waals surface area contributed by atoms with Crippen LogP contribution in [0.5, 0.6) is 0 Å². The van der Waals surface area contributed by atoms with Gasteiger partial charge >= 0.3 is 0 Å². The van der Waals surface area contributed by atoms with Crippen molar-refractivity contribution in [2.75, 3.05) is 12.4 Å². The van der Waals surface area contributed by atoms with Gasteiger partial charge in [-0.15, -0.1) is 11.8 Å². The normalized spacial score (nSPS) is 13.0. The zero-order valence-electron chi connectivity index (χ0n) is 12.2. The highest BCUT2D eigenvalue weighted by Gasteiger charge is 2.17. The summed E-state index contributed by atoms with van der Waals surface area (Å²) in [5, 5.41) is 9.85. The summed E-state index contributed by atoms with van der Waals surface area (Å²) < 4.78 is 28.9. The van der Waals surface area contributed by atoms with Crippen LogP contribution in [0.15, 0.2) is 64.4 Å². The van der Waals surface area contributed by atoms with E-state index >= 15 is 0 Å². The molecule has 1 atom stereocenters. The molecule has 22 heavy (non-hydrogen) atoms. The topological polar surface area (TPSA) is 63.6 Å². The van der Waals surface area contributed by atoms with E-state index in [0.29, 0.717) is 5.75 Å². The van der Waals surface area contributed by atoms with E-state index in [2.05, 4.69) is 0 Å². The largest absolute Gasteiger partial charge is 0.390 e. The number of aliphatic hydroxyl groups excluding tert-OH is 1. The maximum atomic E-state index is 12.0. The summed E-state index contributed by atoms with van der Waals surface area (Å²) in [6.45, 7) is 1.62. The lowest BCUT2D eigenvalue weighted by Crippen LogP contribution is -2.21. The zero-order valence-corrected chi connectivity index (χ0v) is 13.8. The predicted molar refractivity (Wildman–Crippen MR) is 87.5 cm³/mol. The molecular weight excluding hydrogens is 320 g/mol. The number of hydrogen-bond acceptors (Lipinski definition) is 5. The summed E-state index contributed by atoms with van der Waals surface area (Å²) in [4.78, 5) is 1.11. The summed E-state index contributed by atoms with van der Waals surface area (Å²) in [6, 6.07) is 16.0. The second-order valence-corrected chi connectivity index (χ2v) is 7.54. The van der Waals surface area contributed by atoms with Gasteiger partial charge in [-0.2, -0.15) is 8.42 Å². The molecule has 4 nitrogen and oxygen atoms in total. The Morgan fingerprint density at radius 2 is 1.73 bits per heavy atom. The molecule has 0 unspecified atom stereocenters. The van der Waals surface area contributed by atoms with Gasteiger partial charge < -0.3 is 5.11 Å². The summed E-state index contributed by atoms with van der Waals surface area (Å²) in [7, 11) is -3.82. The van der Waals surface area contributed by atoms with E-state index in [1.165, 1.54) is 23.9 Å². The molecular formula is C16H18O4S2. The Morgan fingerprint density at radius 1 is 1.09 bits per heavy atom. The third kappa shape index (κ3) is 5.14. The summed E-state index contributed by atoms with van der Waals surface area (Å²) in [5.41, 5.74) is 0.971. The quantitative estimate of drug-likeness (QED) is 0.621. The van der Waals surface area contributed by atoms with Crippen LogP contribution in [0.1, 0.15) is 5.56 Å². The highest BCUT2D eigenvalue weighted by molar-refractivity contribution is 7.99. The van der Waals surface area contributed by atoms with Crippen molar-refractivity contribution in [2.45, 2.75) is 22.8 Å². The molecule has 118 valence electrons. The molecule has 2 rings (SSSR count). The molecule has 0 aliphatic carbocycles. The highest BCUT2D eigenvalue weighted by atomic mass is 32.2. The molecule has 1 N–H and O–H groups in total. The average molecular weight is 338 g/mol. The third-order valence-corrected chi connectivity index (χ3v) is 5.36. The molecule has 0 amide bonds. The molecule has 0 saturated heterocycles. The van der Waals surface area contributed by atoms with Crippen LogP contribution in [-0.4, -0.2) is 32.0 Å². The first-order valence-corrected chi connectivity index (χ1v) is 9.19. The van der Waals surface area contributed by atoms with Gasteiger partial charge in [0.05, 0.1) is 17.6 Å². The SMILES string of the molecule is Cc1ccc(S(=O)(=O)OC[C@H](O)CSc2ccccc2)cc1. The van der Waals surface area contributed by atoms with Crippen molar-refractivity contribution < 1.29 is 17.7 Å². The van der Waals surface area contributed by atoms with Crippen LogP contribution >= 0.6 is 11.8 Å². The van der Waals surface area contributed by atoms with Crippen LogP contribution in [0.3, 0.4) is 0 Å². The van der Waals surface area contributed by atoms with E-state index in [9.17, 15) is 13.5 Å². The lowest BCUT2D eigenvalue weighted by Gasteiger charge is -2.11. The smallest absolute Gasteiger partial charge is 0.297 e. The van der Waals surface area contributed by atoms with E-state index < -0.39 is 16.2 Å². The van der Waals surface area contributed by atoms with Gasteiger partial charge in [0.2, 0.25) is 0 Å². The average Bonchev–Trinajstić information content (AvgIpc) is 2.52. The van der Waals surface area contributed by atoms with E-state index in [1.807, 2.05) is 37.3 Å². The lowest BCUT2D eigenvalue weighted by atomic mass is 10.2. The lowest BCUT2D eigenvalue weighted by molar-refractivity contribution is 0.129.